The number of hydrogen-bond acceptors (Lipinski definition) is 5. The number of benzene rings is 3. The van der Waals surface area contributed by atoms with E-state index in [-0.39, 0.29) is 9.79 Å². The van der Waals surface area contributed by atoms with E-state index in [4.69, 9.17) is 0 Å². The van der Waals surface area contributed by atoms with E-state index in [0.29, 0.717) is 11.3 Å². The third-order valence-electron chi connectivity index (χ3n) is 4.85. The first kappa shape index (κ1) is 23.5. The van der Waals surface area contributed by atoms with Crippen molar-refractivity contribution in [3.05, 3.63) is 90.5 Å². The first-order valence-electron chi connectivity index (χ1n) is 9.81. The molecule has 0 heterocycles. The zero-order chi connectivity index (χ0) is 23.4. The molecule has 1 amide bonds. The molecule has 0 unspecified atom stereocenters. The van der Waals surface area contributed by atoms with Gasteiger partial charge in [0.05, 0.1) is 21.5 Å². The second-order valence-corrected chi connectivity index (χ2v) is 11.2. The van der Waals surface area contributed by atoms with E-state index in [1.165, 1.54) is 24.3 Å². The van der Waals surface area contributed by atoms with E-state index >= 15 is 0 Å². The van der Waals surface area contributed by atoms with Gasteiger partial charge in [-0.25, -0.2) is 16.8 Å². The van der Waals surface area contributed by atoms with Crippen LogP contribution in [0.15, 0.2) is 94.7 Å². The quantitative estimate of drug-likeness (QED) is 0.543. The van der Waals surface area contributed by atoms with Gasteiger partial charge in [-0.15, -0.1) is 0 Å². The van der Waals surface area contributed by atoms with Gasteiger partial charge in [0.15, 0.2) is 9.84 Å². The Balaban J connectivity index is 1.81. The highest BCUT2D eigenvalue weighted by molar-refractivity contribution is 7.93. The minimum Gasteiger partial charge on any atom is -0.348 e. The van der Waals surface area contributed by atoms with Crippen LogP contribution >= 0.6 is 0 Å². The largest absolute Gasteiger partial charge is 0.348 e. The van der Waals surface area contributed by atoms with E-state index in [9.17, 15) is 21.6 Å². The fraction of sp³-hybridized carbons (Fsp3) is 0.174. The summed E-state index contributed by atoms with van der Waals surface area (Å²) >= 11 is 0. The van der Waals surface area contributed by atoms with E-state index in [2.05, 4.69) is 5.32 Å². The lowest BCUT2D eigenvalue weighted by Gasteiger charge is -2.25. The van der Waals surface area contributed by atoms with Crippen molar-refractivity contribution in [1.29, 1.82) is 0 Å². The number of para-hydroxylation sites is 1. The van der Waals surface area contributed by atoms with E-state index in [1.807, 2.05) is 0 Å². The number of nitrogens with zero attached hydrogens (tertiary/aromatic N) is 1. The third kappa shape index (κ3) is 5.54. The summed E-state index contributed by atoms with van der Waals surface area (Å²) in [4.78, 5) is 13.1. The Hall–Kier alpha value is -3.17. The molecule has 3 aromatic carbocycles. The van der Waals surface area contributed by atoms with Crippen LogP contribution in [0.25, 0.3) is 0 Å². The normalized spacial score (nSPS) is 12.7. The third-order valence-corrected chi connectivity index (χ3v) is 7.76. The number of carbonyl (C=O) groups is 1. The lowest BCUT2D eigenvalue weighted by Crippen LogP contribution is -2.41. The molecule has 0 aliphatic rings. The number of amides is 1. The number of carbonyl (C=O) groups excluding carboxylic acids is 1. The average Bonchev–Trinajstić information content (AvgIpc) is 2.78. The Morgan fingerprint density at radius 2 is 1.34 bits per heavy atom. The molecule has 0 saturated heterocycles. The van der Waals surface area contributed by atoms with Crippen LogP contribution in [0.5, 0.6) is 0 Å². The topological polar surface area (TPSA) is 101 Å². The maximum absolute atomic E-state index is 13.2. The van der Waals surface area contributed by atoms with Gasteiger partial charge >= 0.3 is 0 Å². The maximum Gasteiger partial charge on any atom is 0.264 e. The van der Waals surface area contributed by atoms with Crippen molar-refractivity contribution in [2.24, 2.45) is 0 Å². The Morgan fingerprint density at radius 1 is 0.812 bits per heavy atom. The molecule has 0 saturated carbocycles. The maximum atomic E-state index is 13.2. The summed E-state index contributed by atoms with van der Waals surface area (Å²) < 4.78 is 50.8. The van der Waals surface area contributed by atoms with Crippen LogP contribution < -0.4 is 9.62 Å². The van der Waals surface area contributed by atoms with Crippen LogP contribution in [0, 0.1) is 0 Å². The molecule has 7 nitrogen and oxygen atoms in total. The number of sulfonamides is 1. The molecule has 1 atom stereocenters. The first-order chi connectivity index (χ1) is 15.1. The minimum atomic E-state index is -3.97. The summed E-state index contributed by atoms with van der Waals surface area (Å²) in [7, 11) is -7.28. The smallest absolute Gasteiger partial charge is 0.264 e. The molecule has 0 radical (unpaired) electrons. The molecule has 9 heteroatoms. The van der Waals surface area contributed by atoms with E-state index in [1.54, 1.807) is 67.6 Å². The zero-order valence-electron chi connectivity index (χ0n) is 17.7. The van der Waals surface area contributed by atoms with Gasteiger partial charge in [-0.3, -0.25) is 9.10 Å². The standard InChI is InChI=1S/C23H24N2O5S2/c1-18(19-13-15-21(16-14-19)31(2,27)28)24-23(26)17-25(20-9-5-3-6-10-20)32(29,30)22-11-7-4-8-12-22/h3-16,18H,17H2,1-2H3,(H,24,26)/t18-/m0/s1. The van der Waals surface area contributed by atoms with Crippen molar-refractivity contribution in [1.82, 2.24) is 5.32 Å². The lowest BCUT2D eigenvalue weighted by atomic mass is 10.1. The van der Waals surface area contributed by atoms with Crippen LogP contribution in [-0.2, 0) is 24.7 Å². The molecule has 1 N–H and O–H groups in total. The summed E-state index contributed by atoms with van der Waals surface area (Å²) in [6.45, 7) is 1.33. The average molecular weight is 473 g/mol. The van der Waals surface area contributed by atoms with Crippen LogP contribution in [0.2, 0.25) is 0 Å². The highest BCUT2D eigenvalue weighted by Crippen LogP contribution is 2.23. The van der Waals surface area contributed by atoms with Gasteiger partial charge in [-0.05, 0) is 48.9 Å². The lowest BCUT2D eigenvalue weighted by molar-refractivity contribution is -0.120. The predicted octanol–water partition coefficient (Wildman–Crippen LogP) is 3.16. The van der Waals surface area contributed by atoms with Crippen molar-refractivity contribution < 1.29 is 21.6 Å². The summed E-state index contributed by atoms with van der Waals surface area (Å²) in [5, 5.41) is 2.78. The van der Waals surface area contributed by atoms with Crippen molar-refractivity contribution in [3.8, 4) is 0 Å². The van der Waals surface area contributed by atoms with Crippen molar-refractivity contribution in [2.75, 3.05) is 17.1 Å². The second kappa shape index (κ2) is 9.54. The van der Waals surface area contributed by atoms with Gasteiger partial charge < -0.3 is 5.32 Å². The van der Waals surface area contributed by atoms with E-state index < -0.39 is 38.4 Å². The van der Waals surface area contributed by atoms with Crippen molar-refractivity contribution in [2.45, 2.75) is 22.8 Å². The molecular weight excluding hydrogens is 448 g/mol. The van der Waals surface area contributed by atoms with Crippen LogP contribution in [0.3, 0.4) is 0 Å². The van der Waals surface area contributed by atoms with Gasteiger partial charge in [-0.2, -0.15) is 0 Å². The number of anilines is 1. The molecule has 32 heavy (non-hydrogen) atoms. The van der Waals surface area contributed by atoms with Crippen LogP contribution in [0.1, 0.15) is 18.5 Å². The van der Waals surface area contributed by atoms with Crippen molar-refractivity contribution >= 4 is 31.5 Å². The summed E-state index contributed by atoms with van der Waals surface area (Å²) in [5.74, 6) is -0.493. The molecule has 3 rings (SSSR count). The monoisotopic (exact) mass is 472 g/mol. The van der Waals surface area contributed by atoms with Gasteiger partial charge in [0.1, 0.15) is 6.54 Å². The van der Waals surface area contributed by atoms with Gasteiger partial charge in [0.2, 0.25) is 5.91 Å². The Morgan fingerprint density at radius 3 is 1.88 bits per heavy atom. The van der Waals surface area contributed by atoms with E-state index in [0.717, 1.165) is 10.6 Å². The number of sulfone groups is 1. The molecule has 0 aliphatic heterocycles. The number of rotatable bonds is 8. The molecule has 0 aromatic heterocycles. The highest BCUT2D eigenvalue weighted by Gasteiger charge is 2.27. The summed E-state index contributed by atoms with van der Waals surface area (Å²) in [6, 6.07) is 22.1. The second-order valence-electron chi connectivity index (χ2n) is 7.29. The highest BCUT2D eigenvalue weighted by atomic mass is 32.2. The zero-order valence-corrected chi connectivity index (χ0v) is 19.3. The molecular formula is C23H24N2O5S2. The molecule has 0 fully saturated rings. The summed E-state index contributed by atoms with van der Waals surface area (Å²) in [5.41, 5.74) is 1.07. The molecule has 3 aromatic rings. The minimum absolute atomic E-state index is 0.0843. The van der Waals surface area contributed by atoms with Gasteiger partial charge in [0.25, 0.3) is 10.0 Å². The fourth-order valence-corrected chi connectivity index (χ4v) is 5.21. The predicted molar refractivity (Wildman–Crippen MR) is 124 cm³/mol. The van der Waals surface area contributed by atoms with Crippen LogP contribution in [-0.4, -0.2) is 35.5 Å². The number of hydrogen-bond donors (Lipinski definition) is 1. The molecule has 168 valence electrons. The van der Waals surface area contributed by atoms with Crippen LogP contribution in [0.4, 0.5) is 5.69 Å². The molecule has 0 bridgehead atoms. The van der Waals surface area contributed by atoms with Gasteiger partial charge in [0, 0.05) is 6.26 Å². The summed E-state index contributed by atoms with van der Waals surface area (Å²) in [6.07, 6.45) is 1.12. The Bertz CT molecular complexity index is 1280. The van der Waals surface area contributed by atoms with Gasteiger partial charge in [-0.1, -0.05) is 48.5 Å². The Labute approximate surface area is 188 Å². The van der Waals surface area contributed by atoms with Crippen molar-refractivity contribution in [3.63, 3.8) is 0 Å². The number of nitrogens with one attached hydrogen (secondary N) is 1. The first-order valence-corrected chi connectivity index (χ1v) is 13.1. The SMILES string of the molecule is C[C@H](NC(=O)CN(c1ccccc1)S(=O)(=O)c1ccccc1)c1ccc(S(C)(=O)=O)cc1. The fourth-order valence-electron chi connectivity index (χ4n) is 3.13. The Kier molecular flexibility index (Phi) is 7.00. The molecule has 0 spiro atoms. The molecule has 0 aliphatic carbocycles.